The lowest BCUT2D eigenvalue weighted by Crippen LogP contribution is -2.38. The van der Waals surface area contributed by atoms with Crippen molar-refractivity contribution in [3.63, 3.8) is 0 Å². The number of para-hydroxylation sites is 2. The van der Waals surface area contributed by atoms with Crippen LogP contribution in [-0.4, -0.2) is 20.2 Å². The molecule has 0 aliphatic rings. The Bertz CT molecular complexity index is 1800. The first-order valence-corrected chi connectivity index (χ1v) is 16.1. The van der Waals surface area contributed by atoms with E-state index < -0.39 is 23.4 Å². The van der Waals surface area contributed by atoms with Gasteiger partial charge >= 0.3 is 7.60 Å². The van der Waals surface area contributed by atoms with Gasteiger partial charge in [-0.05, 0) is 53.4 Å². The third-order valence-electron chi connectivity index (χ3n) is 6.29. The van der Waals surface area contributed by atoms with E-state index in [1.54, 1.807) is 103 Å². The minimum Gasteiger partial charge on any atom is -0.415 e. The molecule has 0 fully saturated rings. The van der Waals surface area contributed by atoms with E-state index in [2.05, 4.69) is 9.71 Å². The Morgan fingerprint density at radius 3 is 1.88 bits per heavy atom. The molecule has 0 radical (unpaired) electrons. The van der Waals surface area contributed by atoms with Crippen LogP contribution >= 0.6 is 7.60 Å². The normalized spacial score (nSPS) is 12.4. The number of benzene rings is 5. The summed E-state index contributed by atoms with van der Waals surface area (Å²) in [5.74, 6) is -0.917. The molecule has 0 saturated heterocycles. The van der Waals surface area contributed by atoms with Gasteiger partial charge in [-0.25, -0.2) is 18.0 Å². The van der Waals surface area contributed by atoms with Crippen LogP contribution in [0, 0.1) is 0 Å². The quantitative estimate of drug-likeness (QED) is 0.0966. The van der Waals surface area contributed by atoms with Gasteiger partial charge in [0.1, 0.15) is 11.5 Å². The van der Waals surface area contributed by atoms with Crippen LogP contribution in [0.15, 0.2) is 137 Å². The highest BCUT2D eigenvalue weighted by atomic mass is 32.2. The Labute approximate surface area is 244 Å². The molecule has 0 amide bonds. The molecule has 1 unspecified atom stereocenters. The van der Waals surface area contributed by atoms with Gasteiger partial charge in [0.25, 0.3) is 0 Å². The van der Waals surface area contributed by atoms with Gasteiger partial charge in [0.2, 0.25) is 10.0 Å². The number of nitrogens with one attached hydrogen (secondary N) is 1. The fourth-order valence-electron chi connectivity index (χ4n) is 4.37. The maximum atomic E-state index is 14.8. The molecule has 5 rings (SSSR count). The summed E-state index contributed by atoms with van der Waals surface area (Å²) < 4.78 is 57.5. The SMILES string of the molecule is NC(N)=Nc1ccc(CC(NS(=O)(=O)c2cccc3ccccc23)P(=O)(Oc2ccccc2)Oc2ccccc2)cc1. The van der Waals surface area contributed by atoms with Gasteiger partial charge < -0.3 is 20.5 Å². The van der Waals surface area contributed by atoms with E-state index in [-0.39, 0.29) is 28.8 Å². The lowest BCUT2D eigenvalue weighted by molar-refractivity contribution is 0.366. The number of aliphatic imine (C=N–C) groups is 1. The maximum absolute atomic E-state index is 14.8. The Balaban J connectivity index is 1.60. The first-order valence-electron chi connectivity index (χ1n) is 13.0. The molecule has 214 valence electrons. The summed E-state index contributed by atoms with van der Waals surface area (Å²) >= 11 is 0. The summed E-state index contributed by atoms with van der Waals surface area (Å²) in [6.45, 7) is 0. The van der Waals surface area contributed by atoms with Crippen LogP contribution in [0.2, 0.25) is 0 Å². The Morgan fingerprint density at radius 1 is 0.738 bits per heavy atom. The molecule has 5 aromatic carbocycles. The van der Waals surface area contributed by atoms with Gasteiger partial charge in [-0.15, -0.1) is 0 Å². The molecular formula is C31H29N4O5PS. The minimum absolute atomic E-state index is 0.0386. The van der Waals surface area contributed by atoms with E-state index in [1.807, 2.05) is 18.2 Å². The van der Waals surface area contributed by atoms with Gasteiger partial charge in [0.15, 0.2) is 11.7 Å². The van der Waals surface area contributed by atoms with E-state index in [0.717, 1.165) is 5.39 Å². The summed E-state index contributed by atoms with van der Waals surface area (Å²) in [7, 11) is -8.54. The zero-order valence-electron chi connectivity index (χ0n) is 22.4. The van der Waals surface area contributed by atoms with E-state index in [0.29, 0.717) is 16.6 Å². The number of nitrogens with zero attached hydrogens (tertiary/aromatic N) is 1. The molecule has 5 aromatic rings. The molecule has 0 aliphatic carbocycles. The van der Waals surface area contributed by atoms with Crippen molar-refractivity contribution in [2.45, 2.75) is 17.1 Å². The van der Waals surface area contributed by atoms with Crippen LogP contribution < -0.4 is 25.2 Å². The zero-order valence-corrected chi connectivity index (χ0v) is 24.1. The van der Waals surface area contributed by atoms with Crippen molar-refractivity contribution in [3.05, 3.63) is 133 Å². The monoisotopic (exact) mass is 600 g/mol. The average Bonchev–Trinajstić information content (AvgIpc) is 2.98. The highest BCUT2D eigenvalue weighted by Gasteiger charge is 2.42. The molecule has 0 bridgehead atoms. The van der Waals surface area contributed by atoms with Crippen molar-refractivity contribution in [1.29, 1.82) is 0 Å². The number of nitrogens with two attached hydrogens (primary N) is 2. The number of fused-ring (bicyclic) bond motifs is 1. The Morgan fingerprint density at radius 2 is 1.29 bits per heavy atom. The van der Waals surface area contributed by atoms with Crippen LogP contribution in [0.4, 0.5) is 5.69 Å². The van der Waals surface area contributed by atoms with Crippen LogP contribution in [0.1, 0.15) is 5.56 Å². The first kappa shape index (κ1) is 28.9. The standard InChI is InChI=1S/C31H29N4O5PS/c32-31(33)34-25-20-18-23(19-21-25)22-30(35-42(37,38)29-17-9-11-24-10-7-8-16-28(24)29)41(36,39-26-12-3-1-4-13-26)40-27-14-5-2-6-15-27/h1-21,30,35H,22H2,(H4,32,33,34). The number of hydrogen-bond donors (Lipinski definition) is 3. The Hall–Kier alpha value is -4.63. The second kappa shape index (κ2) is 12.5. The number of rotatable bonds is 11. The van der Waals surface area contributed by atoms with Crippen molar-refractivity contribution in [2.24, 2.45) is 16.5 Å². The minimum atomic E-state index is -4.31. The molecule has 1 atom stereocenters. The van der Waals surface area contributed by atoms with Crippen LogP contribution in [0.3, 0.4) is 0 Å². The smallest absolute Gasteiger partial charge is 0.415 e. The molecule has 42 heavy (non-hydrogen) atoms. The van der Waals surface area contributed by atoms with Crippen molar-refractivity contribution >= 4 is 40.0 Å². The van der Waals surface area contributed by atoms with E-state index in [9.17, 15) is 13.0 Å². The molecule has 0 aromatic heterocycles. The molecule has 0 spiro atoms. The van der Waals surface area contributed by atoms with Crippen LogP contribution in [0.25, 0.3) is 10.8 Å². The maximum Gasteiger partial charge on any atom is 0.448 e. The van der Waals surface area contributed by atoms with E-state index in [4.69, 9.17) is 20.5 Å². The fourth-order valence-corrected chi connectivity index (χ4v) is 8.16. The summed E-state index contributed by atoms with van der Waals surface area (Å²) in [6, 6.07) is 35.9. The molecular weight excluding hydrogens is 571 g/mol. The first-order chi connectivity index (χ1) is 20.2. The molecule has 11 heteroatoms. The highest BCUT2D eigenvalue weighted by molar-refractivity contribution is 7.90. The van der Waals surface area contributed by atoms with E-state index in [1.165, 1.54) is 6.07 Å². The molecule has 0 saturated carbocycles. The highest BCUT2D eigenvalue weighted by Crippen LogP contribution is 2.53. The van der Waals surface area contributed by atoms with Crippen LogP contribution in [0.5, 0.6) is 11.5 Å². The van der Waals surface area contributed by atoms with E-state index >= 15 is 0 Å². The van der Waals surface area contributed by atoms with Gasteiger partial charge in [0, 0.05) is 11.8 Å². The molecule has 9 nitrogen and oxygen atoms in total. The fraction of sp³-hybridized carbons (Fsp3) is 0.0645. The number of guanidine groups is 1. The summed E-state index contributed by atoms with van der Waals surface area (Å²) in [5.41, 5.74) is 12.1. The van der Waals surface area contributed by atoms with Crippen molar-refractivity contribution in [2.75, 3.05) is 0 Å². The molecule has 5 N–H and O–H groups in total. The predicted octanol–water partition coefficient (Wildman–Crippen LogP) is 5.94. The summed E-state index contributed by atoms with van der Waals surface area (Å²) in [6.07, 6.45) is -0.0386. The van der Waals surface area contributed by atoms with Gasteiger partial charge in [0.05, 0.1) is 10.6 Å². The van der Waals surface area contributed by atoms with Crippen molar-refractivity contribution < 1.29 is 22.0 Å². The number of sulfonamides is 1. The van der Waals surface area contributed by atoms with Gasteiger partial charge in [-0.3, -0.25) is 0 Å². The summed E-state index contributed by atoms with van der Waals surface area (Å²) in [5, 5.41) is 1.27. The molecule has 0 heterocycles. The predicted molar refractivity (Wildman–Crippen MR) is 165 cm³/mol. The lowest BCUT2D eigenvalue weighted by atomic mass is 10.1. The van der Waals surface area contributed by atoms with Crippen molar-refractivity contribution in [1.82, 2.24) is 4.72 Å². The zero-order chi connectivity index (χ0) is 29.6. The van der Waals surface area contributed by atoms with Crippen molar-refractivity contribution in [3.8, 4) is 11.5 Å². The second-order valence-corrected chi connectivity index (χ2v) is 13.1. The summed E-state index contributed by atoms with van der Waals surface area (Å²) in [4.78, 5) is 4.07. The largest absolute Gasteiger partial charge is 0.448 e. The topological polar surface area (TPSA) is 146 Å². The van der Waals surface area contributed by atoms with Gasteiger partial charge in [-0.1, -0.05) is 84.9 Å². The van der Waals surface area contributed by atoms with Crippen LogP contribution in [-0.2, 0) is 21.0 Å². The van der Waals surface area contributed by atoms with Gasteiger partial charge in [-0.2, -0.15) is 4.72 Å². The lowest BCUT2D eigenvalue weighted by Gasteiger charge is -2.28. The third-order valence-corrected chi connectivity index (χ3v) is 10.00. The Kier molecular flexibility index (Phi) is 8.59. The molecule has 0 aliphatic heterocycles. The second-order valence-electron chi connectivity index (χ2n) is 9.37. The average molecular weight is 601 g/mol. The number of hydrogen-bond acceptors (Lipinski definition) is 6. The third kappa shape index (κ3) is 6.98.